The van der Waals surface area contributed by atoms with Gasteiger partial charge in [-0.25, -0.2) is 4.98 Å². The minimum absolute atomic E-state index is 0.150. The third-order valence-corrected chi connectivity index (χ3v) is 7.98. The van der Waals surface area contributed by atoms with Gasteiger partial charge in [-0.1, -0.05) is 35.3 Å². The number of likely N-dealkylation sites (N-methyl/N-ethyl adjacent to an activating group) is 1. The number of carbonyl (C=O) groups is 1. The maximum absolute atomic E-state index is 12.8. The molecule has 2 aromatic carbocycles. The van der Waals surface area contributed by atoms with Crippen LogP contribution in [0.5, 0.6) is 5.75 Å². The molecule has 0 atom stereocenters. The SMILES string of the molecule is CN1CCc2c(sc(NC(=O)COc3ccc(Cl)cc3Cl)c2-c2nc3ccccc3s2)C1. The number of nitrogens with one attached hydrogen (secondary N) is 1. The Kier molecular flexibility index (Phi) is 6.09. The topological polar surface area (TPSA) is 54.5 Å². The van der Waals surface area contributed by atoms with Crippen LogP contribution in [-0.2, 0) is 17.8 Å². The van der Waals surface area contributed by atoms with Crippen LogP contribution < -0.4 is 10.1 Å². The summed E-state index contributed by atoms with van der Waals surface area (Å²) in [5, 5.41) is 5.70. The summed E-state index contributed by atoms with van der Waals surface area (Å²) in [5.41, 5.74) is 3.29. The Morgan fingerprint density at radius 1 is 1.22 bits per heavy atom. The van der Waals surface area contributed by atoms with Gasteiger partial charge in [-0.15, -0.1) is 22.7 Å². The van der Waals surface area contributed by atoms with Crippen LogP contribution in [0.2, 0.25) is 10.0 Å². The molecular formula is C23H19Cl2N3O2S2. The monoisotopic (exact) mass is 503 g/mol. The number of thiophene rings is 1. The standard InChI is InChI=1S/C23H19Cl2N3O2S2/c1-28-9-8-14-19(11-28)32-23(21(14)22-26-16-4-2-3-5-18(16)31-22)27-20(29)12-30-17-7-6-13(24)10-15(17)25/h2-7,10H,8-9,11-12H2,1H3,(H,27,29). The van der Waals surface area contributed by atoms with Gasteiger partial charge in [0.1, 0.15) is 15.8 Å². The normalized spacial score (nSPS) is 13.8. The quantitative estimate of drug-likeness (QED) is 0.345. The second kappa shape index (κ2) is 9.00. The van der Waals surface area contributed by atoms with Gasteiger partial charge in [0.25, 0.3) is 5.91 Å². The van der Waals surface area contributed by atoms with E-state index < -0.39 is 0 Å². The maximum Gasteiger partial charge on any atom is 0.262 e. The molecule has 0 saturated carbocycles. The summed E-state index contributed by atoms with van der Waals surface area (Å²) in [4.78, 5) is 21.2. The number of carbonyl (C=O) groups excluding carboxylic acids is 1. The molecule has 1 aliphatic heterocycles. The van der Waals surface area contributed by atoms with Crippen LogP contribution in [0.4, 0.5) is 5.00 Å². The summed E-state index contributed by atoms with van der Waals surface area (Å²) in [6.07, 6.45) is 0.931. The zero-order valence-electron chi connectivity index (χ0n) is 17.2. The molecular weight excluding hydrogens is 485 g/mol. The van der Waals surface area contributed by atoms with Crippen LogP contribution in [0.15, 0.2) is 42.5 Å². The van der Waals surface area contributed by atoms with Crippen LogP contribution in [0, 0.1) is 0 Å². The van der Waals surface area contributed by atoms with Crippen molar-refractivity contribution in [1.29, 1.82) is 0 Å². The maximum atomic E-state index is 12.8. The number of rotatable bonds is 5. The van der Waals surface area contributed by atoms with E-state index in [-0.39, 0.29) is 12.5 Å². The average Bonchev–Trinajstić information content (AvgIpc) is 3.33. The third kappa shape index (κ3) is 4.36. The molecule has 5 rings (SSSR count). The van der Waals surface area contributed by atoms with Crippen molar-refractivity contribution in [3.8, 4) is 16.3 Å². The first kappa shape index (κ1) is 21.7. The molecule has 0 radical (unpaired) electrons. The van der Waals surface area contributed by atoms with Crippen molar-refractivity contribution in [2.75, 3.05) is 25.5 Å². The number of amides is 1. The zero-order chi connectivity index (χ0) is 22.2. The van der Waals surface area contributed by atoms with Crippen molar-refractivity contribution in [2.24, 2.45) is 0 Å². The van der Waals surface area contributed by atoms with Gasteiger partial charge in [0.2, 0.25) is 0 Å². The molecule has 3 heterocycles. The second-order valence-electron chi connectivity index (χ2n) is 7.59. The summed E-state index contributed by atoms with van der Waals surface area (Å²) < 4.78 is 6.75. The number of aromatic nitrogens is 1. The fraction of sp³-hybridized carbons (Fsp3) is 0.217. The molecule has 0 spiro atoms. The Morgan fingerprint density at radius 3 is 2.88 bits per heavy atom. The van der Waals surface area contributed by atoms with Gasteiger partial charge >= 0.3 is 0 Å². The smallest absolute Gasteiger partial charge is 0.262 e. The lowest BCUT2D eigenvalue weighted by Crippen LogP contribution is -2.25. The third-order valence-electron chi connectivity index (χ3n) is 5.26. The number of anilines is 1. The first-order valence-corrected chi connectivity index (χ1v) is 12.4. The molecule has 0 saturated heterocycles. The molecule has 164 valence electrons. The average molecular weight is 504 g/mol. The predicted octanol–water partition coefficient (Wildman–Crippen LogP) is 6.34. The summed E-state index contributed by atoms with van der Waals surface area (Å²) in [6, 6.07) is 13.0. The largest absolute Gasteiger partial charge is 0.482 e. The number of ether oxygens (including phenoxy) is 1. The van der Waals surface area contributed by atoms with Gasteiger partial charge in [0.15, 0.2) is 6.61 Å². The fourth-order valence-corrected chi connectivity index (χ4v) is 6.64. The van der Waals surface area contributed by atoms with Crippen molar-refractivity contribution in [3.05, 3.63) is 63.0 Å². The van der Waals surface area contributed by atoms with Crippen LogP contribution in [-0.4, -0.2) is 36.0 Å². The molecule has 2 aromatic heterocycles. The Morgan fingerprint density at radius 2 is 2.06 bits per heavy atom. The first-order valence-electron chi connectivity index (χ1n) is 10.0. The van der Waals surface area contributed by atoms with E-state index in [0.29, 0.717) is 15.8 Å². The number of fused-ring (bicyclic) bond motifs is 2. The van der Waals surface area contributed by atoms with Gasteiger partial charge < -0.3 is 15.0 Å². The molecule has 5 nitrogen and oxygen atoms in total. The Labute approximate surface area is 203 Å². The highest BCUT2D eigenvalue weighted by molar-refractivity contribution is 7.22. The Balaban J connectivity index is 1.43. The Bertz CT molecular complexity index is 1290. The number of hydrogen-bond donors (Lipinski definition) is 1. The van der Waals surface area contributed by atoms with Gasteiger partial charge in [0.05, 0.1) is 15.2 Å². The molecule has 0 aliphatic carbocycles. The van der Waals surface area contributed by atoms with E-state index >= 15 is 0 Å². The number of nitrogens with zero attached hydrogens (tertiary/aromatic N) is 2. The van der Waals surface area contributed by atoms with E-state index in [0.717, 1.165) is 45.3 Å². The molecule has 4 aromatic rings. The van der Waals surface area contributed by atoms with Crippen molar-refractivity contribution in [1.82, 2.24) is 9.88 Å². The molecule has 0 fully saturated rings. The number of para-hydroxylation sites is 1. The highest BCUT2D eigenvalue weighted by atomic mass is 35.5. The second-order valence-corrected chi connectivity index (χ2v) is 10.6. The van der Waals surface area contributed by atoms with E-state index in [2.05, 4.69) is 23.3 Å². The van der Waals surface area contributed by atoms with Gasteiger partial charge in [-0.05, 0) is 49.4 Å². The van der Waals surface area contributed by atoms with E-state index in [1.54, 1.807) is 40.9 Å². The highest BCUT2D eigenvalue weighted by Crippen LogP contribution is 2.45. The first-order chi connectivity index (χ1) is 15.5. The van der Waals surface area contributed by atoms with Crippen molar-refractivity contribution < 1.29 is 9.53 Å². The lowest BCUT2D eigenvalue weighted by molar-refractivity contribution is -0.118. The van der Waals surface area contributed by atoms with E-state index in [4.69, 9.17) is 32.9 Å². The molecule has 0 bridgehead atoms. The summed E-state index contributed by atoms with van der Waals surface area (Å²) in [6.45, 7) is 1.70. The lowest BCUT2D eigenvalue weighted by atomic mass is 10.0. The summed E-state index contributed by atoms with van der Waals surface area (Å²) in [7, 11) is 2.11. The predicted molar refractivity (Wildman–Crippen MR) is 134 cm³/mol. The molecule has 32 heavy (non-hydrogen) atoms. The fourth-order valence-electron chi connectivity index (χ4n) is 3.72. The van der Waals surface area contributed by atoms with E-state index in [1.165, 1.54) is 10.4 Å². The zero-order valence-corrected chi connectivity index (χ0v) is 20.3. The molecule has 1 aliphatic rings. The number of benzene rings is 2. The minimum Gasteiger partial charge on any atom is -0.482 e. The number of hydrogen-bond acceptors (Lipinski definition) is 6. The molecule has 9 heteroatoms. The summed E-state index contributed by atoms with van der Waals surface area (Å²) in [5.74, 6) is 0.176. The van der Waals surface area contributed by atoms with Gasteiger partial charge in [-0.3, -0.25) is 4.79 Å². The molecule has 1 N–H and O–H groups in total. The van der Waals surface area contributed by atoms with Crippen LogP contribution in [0.1, 0.15) is 10.4 Å². The number of halogens is 2. The van der Waals surface area contributed by atoms with E-state index in [1.807, 2.05) is 18.2 Å². The minimum atomic E-state index is -0.245. The van der Waals surface area contributed by atoms with Crippen molar-refractivity contribution in [2.45, 2.75) is 13.0 Å². The lowest BCUT2D eigenvalue weighted by Gasteiger charge is -2.22. The van der Waals surface area contributed by atoms with Crippen molar-refractivity contribution >= 4 is 67.0 Å². The van der Waals surface area contributed by atoms with Crippen molar-refractivity contribution in [3.63, 3.8) is 0 Å². The van der Waals surface area contributed by atoms with Crippen LogP contribution >= 0.6 is 45.9 Å². The van der Waals surface area contributed by atoms with Crippen LogP contribution in [0.25, 0.3) is 20.8 Å². The van der Waals surface area contributed by atoms with Crippen LogP contribution in [0.3, 0.4) is 0 Å². The van der Waals surface area contributed by atoms with Gasteiger partial charge in [0, 0.05) is 28.6 Å². The highest BCUT2D eigenvalue weighted by Gasteiger charge is 2.26. The summed E-state index contributed by atoms with van der Waals surface area (Å²) >= 11 is 15.3. The Hall–Kier alpha value is -2.16. The molecule has 0 unspecified atom stereocenters. The van der Waals surface area contributed by atoms with Gasteiger partial charge in [-0.2, -0.15) is 0 Å². The van der Waals surface area contributed by atoms with E-state index in [9.17, 15) is 4.79 Å². The molecule has 1 amide bonds. The number of thiazole rings is 1.